The fourth-order valence-electron chi connectivity index (χ4n) is 3.70. The monoisotopic (exact) mass is 272 g/mol. The third-order valence-corrected chi connectivity index (χ3v) is 4.81. The van der Waals surface area contributed by atoms with Crippen LogP contribution >= 0.6 is 0 Å². The van der Waals surface area contributed by atoms with Crippen molar-refractivity contribution in [2.24, 2.45) is 0 Å². The van der Waals surface area contributed by atoms with E-state index < -0.39 is 0 Å². The minimum atomic E-state index is 0.0557. The molecule has 0 aliphatic carbocycles. The van der Waals surface area contributed by atoms with Crippen molar-refractivity contribution in [3.05, 3.63) is 35.9 Å². The quantitative estimate of drug-likeness (QED) is 0.787. The van der Waals surface area contributed by atoms with Crippen LogP contribution in [0.25, 0.3) is 0 Å². The van der Waals surface area contributed by atoms with Gasteiger partial charge in [-0.2, -0.15) is 0 Å². The molecule has 0 amide bonds. The summed E-state index contributed by atoms with van der Waals surface area (Å²) in [5.74, 6) is 0.291. The highest BCUT2D eigenvalue weighted by Crippen LogP contribution is 2.24. The van der Waals surface area contributed by atoms with Gasteiger partial charge in [-0.15, -0.1) is 0 Å². The third kappa shape index (κ3) is 2.65. The van der Waals surface area contributed by atoms with Crippen molar-refractivity contribution >= 4 is 5.78 Å². The molecule has 3 heteroatoms. The van der Waals surface area contributed by atoms with Gasteiger partial charge >= 0.3 is 0 Å². The molecule has 2 unspecified atom stereocenters. The number of hydrogen-bond acceptors (Lipinski definition) is 3. The molecule has 3 nitrogen and oxygen atoms in total. The Morgan fingerprint density at radius 3 is 2.80 bits per heavy atom. The van der Waals surface area contributed by atoms with Crippen LogP contribution in [0.5, 0.6) is 0 Å². The first-order chi connectivity index (χ1) is 9.79. The topological polar surface area (TPSA) is 23.6 Å². The van der Waals surface area contributed by atoms with Gasteiger partial charge in [-0.1, -0.05) is 37.3 Å². The van der Waals surface area contributed by atoms with E-state index in [1.54, 1.807) is 0 Å². The zero-order valence-corrected chi connectivity index (χ0v) is 12.3. The Labute approximate surface area is 121 Å². The van der Waals surface area contributed by atoms with Gasteiger partial charge in [0.1, 0.15) is 0 Å². The molecule has 0 N–H and O–H groups in total. The van der Waals surface area contributed by atoms with Crippen molar-refractivity contribution in [2.45, 2.75) is 38.3 Å². The lowest BCUT2D eigenvalue weighted by atomic mass is 9.99. The molecule has 108 valence electrons. The Morgan fingerprint density at radius 1 is 1.25 bits per heavy atom. The smallest absolute Gasteiger partial charge is 0.179 e. The summed E-state index contributed by atoms with van der Waals surface area (Å²) >= 11 is 0. The Balaban J connectivity index is 1.71. The molecule has 20 heavy (non-hydrogen) atoms. The summed E-state index contributed by atoms with van der Waals surface area (Å²) in [6, 6.07) is 10.5. The molecule has 2 aliphatic heterocycles. The fraction of sp³-hybridized carbons (Fsp3) is 0.588. The maximum atomic E-state index is 12.7. The number of benzene rings is 1. The molecule has 1 aromatic carbocycles. The van der Waals surface area contributed by atoms with Crippen LogP contribution in [0.2, 0.25) is 0 Å². The predicted molar refractivity (Wildman–Crippen MR) is 81.0 cm³/mol. The molecular weight excluding hydrogens is 248 g/mol. The van der Waals surface area contributed by atoms with Crippen LogP contribution in [0.3, 0.4) is 0 Å². The van der Waals surface area contributed by atoms with Gasteiger partial charge in [0.15, 0.2) is 5.78 Å². The average molecular weight is 272 g/mol. The summed E-state index contributed by atoms with van der Waals surface area (Å²) in [4.78, 5) is 17.7. The van der Waals surface area contributed by atoms with E-state index in [9.17, 15) is 4.79 Å². The normalized spacial score (nSPS) is 25.4. The minimum absolute atomic E-state index is 0.0557. The summed E-state index contributed by atoms with van der Waals surface area (Å²) in [6.07, 6.45) is 3.52. The van der Waals surface area contributed by atoms with Crippen LogP contribution in [-0.2, 0) is 0 Å². The fourth-order valence-corrected chi connectivity index (χ4v) is 3.70. The Morgan fingerprint density at radius 2 is 2.05 bits per heavy atom. The van der Waals surface area contributed by atoms with Crippen LogP contribution < -0.4 is 0 Å². The molecular formula is C17H24N2O. The number of rotatable bonds is 4. The zero-order valence-electron chi connectivity index (χ0n) is 12.3. The number of hydrogen-bond donors (Lipinski definition) is 0. The number of piperazine rings is 1. The van der Waals surface area contributed by atoms with E-state index in [1.165, 1.54) is 19.4 Å². The number of Topliss-reactive ketones (excluding diaryl/α,β-unsaturated/α-hetero) is 1. The predicted octanol–water partition coefficient (Wildman–Crippen LogP) is 2.43. The van der Waals surface area contributed by atoms with Crippen molar-refractivity contribution in [3.63, 3.8) is 0 Å². The Bertz CT molecular complexity index is 459. The summed E-state index contributed by atoms with van der Waals surface area (Å²) < 4.78 is 0. The maximum absolute atomic E-state index is 12.7. The van der Waals surface area contributed by atoms with Gasteiger partial charge in [0.2, 0.25) is 0 Å². The largest absolute Gasteiger partial charge is 0.298 e. The minimum Gasteiger partial charge on any atom is -0.298 e. The molecule has 0 bridgehead atoms. The van der Waals surface area contributed by atoms with E-state index in [0.717, 1.165) is 31.6 Å². The summed E-state index contributed by atoms with van der Waals surface area (Å²) in [7, 11) is 0. The second kappa shape index (κ2) is 6.06. The van der Waals surface area contributed by atoms with Crippen molar-refractivity contribution < 1.29 is 4.79 Å². The van der Waals surface area contributed by atoms with Gasteiger partial charge in [0, 0.05) is 31.2 Å². The van der Waals surface area contributed by atoms with Gasteiger partial charge in [0.25, 0.3) is 0 Å². The molecule has 2 saturated heterocycles. The van der Waals surface area contributed by atoms with E-state index in [0.29, 0.717) is 11.8 Å². The average Bonchev–Trinajstić information content (AvgIpc) is 2.96. The van der Waals surface area contributed by atoms with Gasteiger partial charge in [-0.3, -0.25) is 14.6 Å². The molecule has 1 aromatic rings. The van der Waals surface area contributed by atoms with Crippen molar-refractivity contribution in [3.8, 4) is 0 Å². The van der Waals surface area contributed by atoms with Crippen LogP contribution in [-0.4, -0.2) is 53.8 Å². The summed E-state index contributed by atoms with van der Waals surface area (Å²) in [6.45, 7) is 6.61. The molecule has 2 fully saturated rings. The SMILES string of the molecule is CCC(C(=O)c1ccccc1)N1CCN2CCCC2C1. The second-order valence-corrected chi connectivity index (χ2v) is 5.98. The van der Waals surface area contributed by atoms with Crippen molar-refractivity contribution in [2.75, 3.05) is 26.2 Å². The number of carbonyl (C=O) groups is 1. The Kier molecular flexibility index (Phi) is 4.18. The first-order valence-electron chi connectivity index (χ1n) is 7.87. The van der Waals surface area contributed by atoms with E-state index in [1.807, 2.05) is 30.3 Å². The Hall–Kier alpha value is -1.19. The zero-order chi connectivity index (χ0) is 13.9. The standard InChI is InChI=1S/C17H24N2O/c1-2-16(17(20)14-7-4-3-5-8-14)19-12-11-18-10-6-9-15(18)13-19/h3-5,7-8,15-16H,2,6,9-13H2,1H3. The number of nitrogens with zero attached hydrogens (tertiary/aromatic N) is 2. The number of fused-ring (bicyclic) bond motifs is 1. The van der Waals surface area contributed by atoms with E-state index in [2.05, 4.69) is 16.7 Å². The first-order valence-corrected chi connectivity index (χ1v) is 7.87. The molecule has 2 atom stereocenters. The van der Waals surface area contributed by atoms with Gasteiger partial charge in [0.05, 0.1) is 6.04 Å². The number of carbonyl (C=O) groups excluding carboxylic acids is 1. The van der Waals surface area contributed by atoms with Crippen LogP contribution in [0.15, 0.2) is 30.3 Å². The number of ketones is 1. The van der Waals surface area contributed by atoms with Gasteiger partial charge in [-0.05, 0) is 25.8 Å². The molecule has 0 saturated carbocycles. The molecule has 0 aromatic heterocycles. The van der Waals surface area contributed by atoms with E-state index >= 15 is 0 Å². The lowest BCUT2D eigenvalue weighted by Crippen LogP contribution is -2.55. The van der Waals surface area contributed by atoms with Crippen molar-refractivity contribution in [1.82, 2.24) is 9.80 Å². The lowest BCUT2D eigenvalue weighted by Gasteiger charge is -2.40. The lowest BCUT2D eigenvalue weighted by molar-refractivity contribution is 0.0554. The molecule has 0 radical (unpaired) electrons. The van der Waals surface area contributed by atoms with Crippen molar-refractivity contribution in [1.29, 1.82) is 0 Å². The summed E-state index contributed by atoms with van der Waals surface area (Å²) in [5, 5.41) is 0. The van der Waals surface area contributed by atoms with E-state index in [4.69, 9.17) is 0 Å². The van der Waals surface area contributed by atoms with Crippen LogP contribution in [0, 0.1) is 0 Å². The molecule has 3 rings (SSSR count). The molecule has 2 heterocycles. The highest BCUT2D eigenvalue weighted by molar-refractivity contribution is 6.00. The highest BCUT2D eigenvalue weighted by Gasteiger charge is 2.35. The molecule has 2 aliphatic rings. The van der Waals surface area contributed by atoms with E-state index in [-0.39, 0.29) is 6.04 Å². The van der Waals surface area contributed by atoms with Gasteiger partial charge < -0.3 is 0 Å². The molecule has 0 spiro atoms. The van der Waals surface area contributed by atoms with Gasteiger partial charge in [-0.25, -0.2) is 0 Å². The summed E-state index contributed by atoms with van der Waals surface area (Å²) in [5.41, 5.74) is 0.855. The maximum Gasteiger partial charge on any atom is 0.179 e. The van der Waals surface area contributed by atoms with Crippen LogP contribution in [0.4, 0.5) is 0 Å². The highest BCUT2D eigenvalue weighted by atomic mass is 16.1. The third-order valence-electron chi connectivity index (χ3n) is 4.81. The first kappa shape index (κ1) is 13.8. The van der Waals surface area contributed by atoms with Crippen LogP contribution in [0.1, 0.15) is 36.5 Å². The second-order valence-electron chi connectivity index (χ2n) is 5.98.